The Morgan fingerprint density at radius 2 is 1.91 bits per heavy atom. The number of nitrogen functional groups attached to an aromatic ring is 1. The third kappa shape index (κ3) is 7.73. The number of nitrogens with zero attached hydrogens (tertiary/aromatic N) is 4. The number of ketones is 1. The predicted octanol–water partition coefficient (Wildman–Crippen LogP) is 5.42. The second-order valence-corrected chi connectivity index (χ2v) is 10.1. The summed E-state index contributed by atoms with van der Waals surface area (Å²) < 4.78 is 5.11. The zero-order valence-corrected chi connectivity index (χ0v) is 20.9. The molecule has 0 fully saturated rings. The average molecular weight is 539 g/mol. The Balaban J connectivity index is 1.33. The lowest BCUT2D eigenvalue weighted by molar-refractivity contribution is 0.0981. The zero-order valence-electron chi connectivity index (χ0n) is 17.7. The quantitative estimate of drug-likeness (QED) is 0.185. The van der Waals surface area contributed by atoms with Gasteiger partial charge in [0.15, 0.2) is 11.6 Å². The highest BCUT2D eigenvalue weighted by Gasteiger charge is 2.15. The molecule has 3 N–H and O–H groups in total. The molecule has 0 bridgehead atoms. The van der Waals surface area contributed by atoms with E-state index in [1.807, 2.05) is 0 Å². The molecule has 34 heavy (non-hydrogen) atoms. The third-order valence-corrected chi connectivity index (χ3v) is 7.51. The van der Waals surface area contributed by atoms with E-state index in [0.717, 1.165) is 12.2 Å². The maximum Gasteiger partial charge on any atom is 0.414 e. The Bertz CT molecular complexity index is 1140. The minimum absolute atomic E-state index is 0.0310. The monoisotopic (exact) mass is 538 g/mol. The number of rotatable bonds is 11. The standard InChI is InChI=1S/C21H20Cl2N6O3S2/c22-15-6-1-5-14(17(15)23)18-19(24)26-20(29-28-18)27-21(31)32-9-11-34-33-10-3-7-16(30)13-4-2-8-25-12-13/h1-2,4-6,8,12H,3,7,9-11H2,(H3,24,26,27,29,31). The molecular weight excluding hydrogens is 519 g/mol. The van der Waals surface area contributed by atoms with Crippen LogP contribution in [0.4, 0.5) is 16.6 Å². The number of carbonyl (C=O) groups excluding carboxylic acids is 2. The number of benzene rings is 1. The normalized spacial score (nSPS) is 10.6. The van der Waals surface area contributed by atoms with E-state index in [-0.39, 0.29) is 34.9 Å². The van der Waals surface area contributed by atoms with E-state index in [9.17, 15) is 9.59 Å². The molecule has 1 amide bonds. The smallest absolute Gasteiger partial charge is 0.414 e. The van der Waals surface area contributed by atoms with E-state index < -0.39 is 6.09 Å². The van der Waals surface area contributed by atoms with Crippen LogP contribution >= 0.6 is 44.8 Å². The number of anilines is 2. The minimum Gasteiger partial charge on any atom is -0.448 e. The molecular formula is C21H20Cl2N6O3S2. The van der Waals surface area contributed by atoms with Crippen molar-refractivity contribution in [2.45, 2.75) is 12.8 Å². The van der Waals surface area contributed by atoms with Gasteiger partial charge in [-0.2, -0.15) is 4.98 Å². The van der Waals surface area contributed by atoms with Crippen LogP contribution in [0.3, 0.4) is 0 Å². The molecule has 0 unspecified atom stereocenters. The van der Waals surface area contributed by atoms with Crippen LogP contribution in [-0.4, -0.2) is 50.2 Å². The third-order valence-electron chi connectivity index (χ3n) is 4.23. The van der Waals surface area contributed by atoms with Crippen molar-refractivity contribution in [2.75, 3.05) is 29.2 Å². The van der Waals surface area contributed by atoms with Gasteiger partial charge in [-0.3, -0.25) is 15.1 Å². The highest BCUT2D eigenvalue weighted by Crippen LogP contribution is 2.34. The van der Waals surface area contributed by atoms with Gasteiger partial charge in [-0.15, -0.1) is 10.2 Å². The highest BCUT2D eigenvalue weighted by molar-refractivity contribution is 8.76. The molecule has 0 radical (unpaired) electrons. The molecule has 9 nitrogen and oxygen atoms in total. The number of ether oxygens (including phenoxy) is 1. The van der Waals surface area contributed by atoms with Crippen LogP contribution in [-0.2, 0) is 4.74 Å². The largest absolute Gasteiger partial charge is 0.448 e. The van der Waals surface area contributed by atoms with Crippen molar-refractivity contribution >= 4 is 68.4 Å². The van der Waals surface area contributed by atoms with Gasteiger partial charge in [-0.05, 0) is 24.6 Å². The van der Waals surface area contributed by atoms with Gasteiger partial charge in [-0.1, -0.05) is 56.9 Å². The number of nitrogens with two attached hydrogens (primary N) is 1. The zero-order chi connectivity index (χ0) is 24.3. The second-order valence-electron chi connectivity index (χ2n) is 6.64. The molecule has 178 valence electrons. The van der Waals surface area contributed by atoms with Crippen LogP contribution in [0, 0.1) is 0 Å². The first-order chi connectivity index (χ1) is 16.5. The topological polar surface area (TPSA) is 133 Å². The molecule has 0 saturated carbocycles. The van der Waals surface area contributed by atoms with E-state index in [2.05, 4.69) is 25.5 Å². The number of halogens is 2. The molecule has 0 aliphatic rings. The summed E-state index contributed by atoms with van der Waals surface area (Å²) in [5, 5.41) is 10.8. The lowest BCUT2D eigenvalue weighted by atomic mass is 10.1. The number of hydrogen-bond donors (Lipinski definition) is 2. The number of aromatic nitrogens is 4. The van der Waals surface area contributed by atoms with E-state index in [1.54, 1.807) is 64.3 Å². The van der Waals surface area contributed by atoms with Crippen LogP contribution in [0.15, 0.2) is 42.7 Å². The first-order valence-electron chi connectivity index (χ1n) is 10.0. The number of Topliss-reactive ketones (excluding diaryl/α,β-unsaturated/α-hetero) is 1. The van der Waals surface area contributed by atoms with Crippen molar-refractivity contribution in [2.24, 2.45) is 0 Å². The Morgan fingerprint density at radius 1 is 1.09 bits per heavy atom. The molecule has 0 aliphatic carbocycles. The highest BCUT2D eigenvalue weighted by atomic mass is 35.5. The number of hydrogen-bond acceptors (Lipinski definition) is 10. The van der Waals surface area contributed by atoms with Crippen molar-refractivity contribution in [3.63, 3.8) is 0 Å². The summed E-state index contributed by atoms with van der Waals surface area (Å²) in [6, 6.07) is 8.53. The average Bonchev–Trinajstić information content (AvgIpc) is 2.83. The van der Waals surface area contributed by atoms with Gasteiger partial charge >= 0.3 is 6.09 Å². The summed E-state index contributed by atoms with van der Waals surface area (Å²) in [7, 11) is 3.17. The molecule has 2 heterocycles. The van der Waals surface area contributed by atoms with Gasteiger partial charge in [-0.25, -0.2) is 4.79 Å². The Hall–Kier alpha value is -2.60. The molecule has 1 aromatic carbocycles. The molecule has 0 spiro atoms. The van der Waals surface area contributed by atoms with E-state index in [0.29, 0.717) is 28.3 Å². The van der Waals surface area contributed by atoms with Crippen molar-refractivity contribution in [1.29, 1.82) is 0 Å². The molecule has 0 saturated heterocycles. The summed E-state index contributed by atoms with van der Waals surface area (Å²) in [6.07, 6.45) is 3.72. The number of amides is 1. The summed E-state index contributed by atoms with van der Waals surface area (Å²) in [5.41, 5.74) is 7.30. The Kier molecular flexibility index (Phi) is 10.2. The lowest BCUT2D eigenvalue weighted by Crippen LogP contribution is -2.18. The van der Waals surface area contributed by atoms with E-state index in [1.165, 1.54) is 0 Å². The van der Waals surface area contributed by atoms with Crippen LogP contribution < -0.4 is 11.1 Å². The fraction of sp³-hybridized carbons (Fsp3) is 0.238. The summed E-state index contributed by atoms with van der Waals surface area (Å²) in [5.74, 6) is 1.42. The van der Waals surface area contributed by atoms with E-state index >= 15 is 0 Å². The minimum atomic E-state index is -0.720. The van der Waals surface area contributed by atoms with Gasteiger partial charge in [0.2, 0.25) is 0 Å². The van der Waals surface area contributed by atoms with Gasteiger partial charge in [0.1, 0.15) is 12.3 Å². The van der Waals surface area contributed by atoms with Crippen LogP contribution in [0.5, 0.6) is 0 Å². The maximum atomic E-state index is 12.0. The van der Waals surface area contributed by atoms with Crippen molar-refractivity contribution < 1.29 is 14.3 Å². The molecule has 13 heteroatoms. The first-order valence-corrected chi connectivity index (χ1v) is 13.3. The first kappa shape index (κ1) is 26.0. The van der Waals surface area contributed by atoms with Crippen molar-refractivity contribution in [3.05, 3.63) is 58.3 Å². The van der Waals surface area contributed by atoms with Crippen molar-refractivity contribution in [3.8, 4) is 11.3 Å². The van der Waals surface area contributed by atoms with Gasteiger partial charge in [0.05, 0.1) is 10.0 Å². The maximum absolute atomic E-state index is 12.0. The molecule has 0 atom stereocenters. The fourth-order valence-corrected chi connectivity index (χ4v) is 4.95. The molecule has 0 aliphatic heterocycles. The van der Waals surface area contributed by atoms with Gasteiger partial charge < -0.3 is 10.5 Å². The summed E-state index contributed by atoms with van der Waals surface area (Å²) in [4.78, 5) is 31.9. The molecule has 2 aromatic heterocycles. The number of carbonyl (C=O) groups is 2. The lowest BCUT2D eigenvalue weighted by Gasteiger charge is -2.09. The summed E-state index contributed by atoms with van der Waals surface area (Å²) >= 11 is 12.2. The fourth-order valence-electron chi connectivity index (χ4n) is 2.65. The summed E-state index contributed by atoms with van der Waals surface area (Å²) in [6.45, 7) is 0.192. The predicted molar refractivity (Wildman–Crippen MR) is 137 cm³/mol. The second kappa shape index (κ2) is 13.3. The number of nitrogens with one attached hydrogen (secondary N) is 1. The SMILES string of the molecule is Nc1nc(NC(=O)OCCSSCCCC(=O)c2cccnc2)nnc1-c1cccc(Cl)c1Cl. The van der Waals surface area contributed by atoms with Crippen molar-refractivity contribution in [1.82, 2.24) is 20.2 Å². The van der Waals surface area contributed by atoms with E-state index in [4.69, 9.17) is 33.7 Å². The van der Waals surface area contributed by atoms with Crippen LogP contribution in [0.25, 0.3) is 11.3 Å². The molecule has 3 rings (SSSR count). The van der Waals surface area contributed by atoms with Gasteiger partial charge in [0.25, 0.3) is 5.95 Å². The molecule has 3 aromatic rings. The Morgan fingerprint density at radius 3 is 2.68 bits per heavy atom. The van der Waals surface area contributed by atoms with Crippen LogP contribution in [0.1, 0.15) is 23.2 Å². The van der Waals surface area contributed by atoms with Gasteiger partial charge in [0, 0.05) is 41.4 Å². The number of pyridine rings is 1. The van der Waals surface area contributed by atoms with Crippen LogP contribution in [0.2, 0.25) is 10.0 Å². The Labute approximate surface area is 214 Å².